The monoisotopic (exact) mass is 374 g/mol. The summed E-state index contributed by atoms with van der Waals surface area (Å²) in [6, 6.07) is 7.98. The van der Waals surface area contributed by atoms with Crippen LogP contribution in [0.1, 0.15) is 63.0 Å². The van der Waals surface area contributed by atoms with E-state index in [9.17, 15) is 4.39 Å². The molecule has 1 saturated carbocycles. The first-order valence-electron chi connectivity index (χ1n) is 10.4. The van der Waals surface area contributed by atoms with Gasteiger partial charge in [0, 0.05) is 5.56 Å². The normalized spacial score (nSPS) is 25.2. The molecule has 4 rings (SSSR count). The van der Waals surface area contributed by atoms with Gasteiger partial charge in [-0.1, -0.05) is 0 Å². The van der Waals surface area contributed by atoms with Crippen LogP contribution in [0.15, 0.2) is 24.3 Å². The van der Waals surface area contributed by atoms with Crippen LogP contribution < -0.4 is 9.80 Å². The molecule has 0 radical (unpaired) electrons. The standard InChI is InChI=1S/C20H29FN6/c1-15(2)27-20(22-23-24-27)19(16-7-9-17(21)10-8-16)26-13-11-25(12-14-26)18-5-3-4-6-18/h7-10,15,18-19H,3-6,11-14H2,1-2H3/p+2/t19-/m0/s1. The highest BCUT2D eigenvalue weighted by molar-refractivity contribution is 5.23. The Morgan fingerprint density at radius 1 is 1.04 bits per heavy atom. The molecule has 1 atom stereocenters. The molecule has 2 fully saturated rings. The van der Waals surface area contributed by atoms with Crippen LogP contribution >= 0.6 is 0 Å². The van der Waals surface area contributed by atoms with E-state index in [1.165, 1.54) is 43.7 Å². The van der Waals surface area contributed by atoms with Gasteiger partial charge in [-0.25, -0.2) is 9.07 Å². The van der Waals surface area contributed by atoms with Gasteiger partial charge in [-0.05, 0) is 74.2 Å². The molecular formula is C20H31FN6+2. The van der Waals surface area contributed by atoms with Gasteiger partial charge in [0.15, 0.2) is 6.04 Å². The average Bonchev–Trinajstić information content (AvgIpc) is 3.36. The summed E-state index contributed by atoms with van der Waals surface area (Å²) >= 11 is 0. The fourth-order valence-corrected chi connectivity index (χ4v) is 4.90. The van der Waals surface area contributed by atoms with Gasteiger partial charge in [0.1, 0.15) is 32.0 Å². The Kier molecular flexibility index (Phi) is 5.50. The van der Waals surface area contributed by atoms with Crippen LogP contribution in [-0.2, 0) is 0 Å². The van der Waals surface area contributed by atoms with Crippen molar-refractivity contribution in [3.8, 4) is 0 Å². The van der Waals surface area contributed by atoms with Crippen molar-refractivity contribution in [3.63, 3.8) is 0 Å². The summed E-state index contributed by atoms with van der Waals surface area (Å²) in [5, 5.41) is 12.6. The van der Waals surface area contributed by atoms with Crippen molar-refractivity contribution < 1.29 is 14.2 Å². The highest BCUT2D eigenvalue weighted by Crippen LogP contribution is 2.20. The molecule has 2 aromatic rings. The predicted molar refractivity (Wildman–Crippen MR) is 100 cm³/mol. The number of aromatic nitrogens is 4. The van der Waals surface area contributed by atoms with E-state index in [1.54, 1.807) is 17.0 Å². The fraction of sp³-hybridized carbons (Fsp3) is 0.650. The van der Waals surface area contributed by atoms with Crippen molar-refractivity contribution in [2.45, 2.75) is 57.7 Å². The summed E-state index contributed by atoms with van der Waals surface area (Å²) in [4.78, 5) is 3.26. The summed E-state index contributed by atoms with van der Waals surface area (Å²) in [6.45, 7) is 8.78. The summed E-state index contributed by atoms with van der Waals surface area (Å²) in [5.41, 5.74) is 1.09. The van der Waals surface area contributed by atoms with Gasteiger partial charge in [0.25, 0.3) is 0 Å². The molecule has 1 aromatic carbocycles. The van der Waals surface area contributed by atoms with E-state index in [4.69, 9.17) is 0 Å². The molecule has 0 amide bonds. The van der Waals surface area contributed by atoms with Gasteiger partial charge in [-0.3, -0.25) is 0 Å². The number of rotatable bonds is 5. The number of quaternary nitrogens is 2. The third kappa shape index (κ3) is 3.89. The number of tetrazole rings is 1. The molecule has 1 saturated heterocycles. The van der Waals surface area contributed by atoms with E-state index >= 15 is 0 Å². The number of halogens is 1. The minimum absolute atomic E-state index is 0.0492. The van der Waals surface area contributed by atoms with Crippen LogP contribution in [0.25, 0.3) is 0 Å². The van der Waals surface area contributed by atoms with E-state index in [-0.39, 0.29) is 17.9 Å². The van der Waals surface area contributed by atoms with Crippen molar-refractivity contribution in [3.05, 3.63) is 41.5 Å². The number of hydrogen-bond donors (Lipinski definition) is 2. The smallest absolute Gasteiger partial charge is 0.214 e. The van der Waals surface area contributed by atoms with E-state index in [2.05, 4.69) is 29.4 Å². The number of benzene rings is 1. The molecule has 0 unspecified atom stereocenters. The molecule has 1 aliphatic heterocycles. The third-order valence-corrected chi connectivity index (χ3v) is 6.34. The van der Waals surface area contributed by atoms with Gasteiger partial charge in [0.05, 0.1) is 12.1 Å². The van der Waals surface area contributed by atoms with Crippen molar-refractivity contribution in [1.29, 1.82) is 0 Å². The van der Waals surface area contributed by atoms with Gasteiger partial charge in [0.2, 0.25) is 5.82 Å². The molecule has 7 heteroatoms. The number of piperazine rings is 1. The Bertz CT molecular complexity index is 729. The highest BCUT2D eigenvalue weighted by atomic mass is 19.1. The maximum Gasteiger partial charge on any atom is 0.214 e. The van der Waals surface area contributed by atoms with E-state index in [1.807, 2.05) is 16.8 Å². The zero-order valence-corrected chi connectivity index (χ0v) is 16.4. The Morgan fingerprint density at radius 3 is 2.33 bits per heavy atom. The van der Waals surface area contributed by atoms with Crippen LogP contribution in [0.5, 0.6) is 0 Å². The average molecular weight is 375 g/mol. The Morgan fingerprint density at radius 2 is 1.70 bits per heavy atom. The zero-order valence-electron chi connectivity index (χ0n) is 16.4. The first-order valence-corrected chi connectivity index (χ1v) is 10.4. The van der Waals surface area contributed by atoms with Crippen molar-refractivity contribution in [2.24, 2.45) is 0 Å². The Balaban J connectivity index is 1.58. The number of nitrogens with zero attached hydrogens (tertiary/aromatic N) is 4. The van der Waals surface area contributed by atoms with Gasteiger partial charge in [-0.2, -0.15) is 0 Å². The largest absolute Gasteiger partial charge is 0.323 e. The van der Waals surface area contributed by atoms with E-state index in [0.717, 1.165) is 30.5 Å². The van der Waals surface area contributed by atoms with Crippen LogP contribution in [0, 0.1) is 5.82 Å². The van der Waals surface area contributed by atoms with Crippen LogP contribution in [-0.4, -0.2) is 52.4 Å². The molecule has 6 nitrogen and oxygen atoms in total. The topological polar surface area (TPSA) is 52.5 Å². The fourth-order valence-electron chi connectivity index (χ4n) is 4.90. The minimum atomic E-state index is -0.202. The lowest BCUT2D eigenvalue weighted by Gasteiger charge is -2.36. The maximum absolute atomic E-state index is 13.5. The van der Waals surface area contributed by atoms with Crippen LogP contribution in [0.3, 0.4) is 0 Å². The quantitative estimate of drug-likeness (QED) is 0.787. The number of hydrogen-bond acceptors (Lipinski definition) is 3. The van der Waals surface area contributed by atoms with E-state index < -0.39 is 0 Å². The first kappa shape index (κ1) is 18.5. The van der Waals surface area contributed by atoms with Crippen LogP contribution in [0.2, 0.25) is 0 Å². The predicted octanol–water partition coefficient (Wildman–Crippen LogP) is 0.209. The summed E-state index contributed by atoms with van der Waals surface area (Å²) in [7, 11) is 0. The van der Waals surface area contributed by atoms with Crippen molar-refractivity contribution in [2.75, 3.05) is 26.2 Å². The lowest BCUT2D eigenvalue weighted by Crippen LogP contribution is -3.29. The third-order valence-electron chi connectivity index (χ3n) is 6.34. The molecule has 1 aromatic heterocycles. The van der Waals surface area contributed by atoms with Gasteiger partial charge in [-0.15, -0.1) is 5.10 Å². The lowest BCUT2D eigenvalue weighted by atomic mass is 10.0. The van der Waals surface area contributed by atoms with Crippen LogP contribution in [0.4, 0.5) is 4.39 Å². The van der Waals surface area contributed by atoms with Crippen molar-refractivity contribution in [1.82, 2.24) is 20.2 Å². The van der Waals surface area contributed by atoms with Gasteiger partial charge >= 0.3 is 0 Å². The summed E-state index contributed by atoms with van der Waals surface area (Å²) in [6.07, 6.45) is 5.56. The lowest BCUT2D eigenvalue weighted by molar-refractivity contribution is -1.03. The summed E-state index contributed by atoms with van der Waals surface area (Å²) in [5.74, 6) is 0.683. The zero-order chi connectivity index (χ0) is 18.8. The SMILES string of the molecule is CC(C)n1nnnc1[C@H](c1ccc(F)cc1)[NH+]1CC[NH+](C2CCCC2)CC1. The molecule has 1 aliphatic carbocycles. The summed E-state index contributed by atoms with van der Waals surface area (Å²) < 4.78 is 15.4. The molecule has 2 N–H and O–H groups in total. The molecule has 146 valence electrons. The molecule has 2 heterocycles. The molecule has 0 spiro atoms. The Labute approximate surface area is 160 Å². The molecule has 2 aliphatic rings. The molecule has 0 bridgehead atoms. The van der Waals surface area contributed by atoms with Crippen molar-refractivity contribution >= 4 is 0 Å². The molecular weight excluding hydrogens is 343 g/mol. The van der Waals surface area contributed by atoms with E-state index in [0.29, 0.717) is 0 Å². The molecule has 27 heavy (non-hydrogen) atoms. The first-order chi connectivity index (χ1) is 13.1. The number of nitrogens with one attached hydrogen (secondary N) is 2. The minimum Gasteiger partial charge on any atom is -0.323 e. The Hall–Kier alpha value is -1.86. The maximum atomic E-state index is 13.5. The highest BCUT2D eigenvalue weighted by Gasteiger charge is 2.38. The second-order valence-corrected chi connectivity index (χ2v) is 8.36. The second kappa shape index (κ2) is 8.02. The van der Waals surface area contributed by atoms with Gasteiger partial charge < -0.3 is 9.80 Å². The second-order valence-electron chi connectivity index (χ2n) is 8.36.